The van der Waals surface area contributed by atoms with E-state index in [1.54, 1.807) is 67.0 Å². The highest BCUT2D eigenvalue weighted by molar-refractivity contribution is 6.46. The number of pyridine rings is 1. The Hall–Kier alpha value is -4.62. The van der Waals surface area contributed by atoms with Crippen LogP contribution in [0.5, 0.6) is 11.5 Å². The van der Waals surface area contributed by atoms with Crippen molar-refractivity contribution in [2.75, 3.05) is 6.61 Å². The SMILES string of the molecule is CCOc1cc(C2C(=C(O)c3ccc(Cl)cc3)C(=O)C(=O)N2Cc2ccncc2)ccc1OCc1ccccc1. The lowest BCUT2D eigenvalue weighted by Crippen LogP contribution is -2.29. The van der Waals surface area contributed by atoms with Crippen LogP contribution in [0.1, 0.15) is 35.2 Å². The van der Waals surface area contributed by atoms with E-state index in [-0.39, 0.29) is 17.9 Å². The average Bonchev–Trinajstić information content (AvgIpc) is 3.22. The van der Waals surface area contributed by atoms with E-state index in [1.807, 2.05) is 37.3 Å². The van der Waals surface area contributed by atoms with E-state index < -0.39 is 17.7 Å². The smallest absolute Gasteiger partial charge is 0.295 e. The fourth-order valence-electron chi connectivity index (χ4n) is 4.66. The number of likely N-dealkylation sites (tertiary alicyclic amines) is 1. The van der Waals surface area contributed by atoms with Gasteiger partial charge in [0.1, 0.15) is 12.4 Å². The minimum atomic E-state index is -0.869. The van der Waals surface area contributed by atoms with Gasteiger partial charge in [0.05, 0.1) is 18.2 Å². The first-order chi connectivity index (χ1) is 19.5. The molecule has 1 saturated heterocycles. The zero-order chi connectivity index (χ0) is 28.1. The Balaban J connectivity index is 1.58. The molecular weight excluding hydrogens is 528 g/mol. The normalized spacial score (nSPS) is 16.2. The predicted molar refractivity (Wildman–Crippen MR) is 152 cm³/mol. The van der Waals surface area contributed by atoms with Gasteiger partial charge in [-0.3, -0.25) is 14.6 Å². The number of carbonyl (C=O) groups excluding carboxylic acids is 2. The molecule has 4 aromatic rings. The van der Waals surface area contributed by atoms with Crippen molar-refractivity contribution in [3.63, 3.8) is 0 Å². The predicted octanol–water partition coefficient (Wildman–Crippen LogP) is 6.33. The summed E-state index contributed by atoms with van der Waals surface area (Å²) in [5.41, 5.74) is 2.76. The van der Waals surface area contributed by atoms with E-state index in [1.165, 1.54) is 4.90 Å². The highest BCUT2D eigenvalue weighted by Gasteiger charge is 2.46. The second-order valence-corrected chi connectivity index (χ2v) is 9.64. The highest BCUT2D eigenvalue weighted by Crippen LogP contribution is 2.43. The summed E-state index contributed by atoms with van der Waals surface area (Å²) in [4.78, 5) is 32.3. The number of ketones is 1. The number of aromatic nitrogens is 1. The number of aliphatic hydroxyl groups excluding tert-OH is 1. The van der Waals surface area contributed by atoms with E-state index in [0.717, 1.165) is 11.1 Å². The summed E-state index contributed by atoms with van der Waals surface area (Å²) in [5, 5.41) is 11.8. The van der Waals surface area contributed by atoms with Crippen LogP contribution in [0.25, 0.3) is 5.76 Å². The molecule has 0 saturated carbocycles. The summed E-state index contributed by atoms with van der Waals surface area (Å²) in [6.07, 6.45) is 3.25. The molecule has 0 aliphatic carbocycles. The number of hydrogen-bond acceptors (Lipinski definition) is 6. The summed E-state index contributed by atoms with van der Waals surface area (Å²) in [6, 6.07) is 24.2. The molecule has 202 valence electrons. The molecule has 1 atom stereocenters. The average molecular weight is 555 g/mol. The van der Waals surface area contributed by atoms with Gasteiger partial charge >= 0.3 is 0 Å². The number of halogens is 1. The van der Waals surface area contributed by atoms with Crippen LogP contribution < -0.4 is 9.47 Å². The monoisotopic (exact) mass is 554 g/mol. The molecule has 1 N–H and O–H groups in total. The Morgan fingerprint density at radius 2 is 1.62 bits per heavy atom. The van der Waals surface area contributed by atoms with Gasteiger partial charge in [0.2, 0.25) is 0 Å². The van der Waals surface area contributed by atoms with Gasteiger partial charge in [-0.05, 0) is 72.1 Å². The molecule has 1 aromatic heterocycles. The molecule has 5 rings (SSSR count). The zero-order valence-electron chi connectivity index (χ0n) is 21.8. The maximum atomic E-state index is 13.4. The summed E-state index contributed by atoms with van der Waals surface area (Å²) >= 11 is 6.03. The number of carbonyl (C=O) groups is 2. The summed E-state index contributed by atoms with van der Waals surface area (Å²) in [5.74, 6) is -0.761. The lowest BCUT2D eigenvalue weighted by Gasteiger charge is -2.26. The quantitative estimate of drug-likeness (QED) is 0.148. The minimum Gasteiger partial charge on any atom is -0.507 e. The van der Waals surface area contributed by atoms with Crippen molar-refractivity contribution in [2.45, 2.75) is 26.1 Å². The third-order valence-electron chi connectivity index (χ3n) is 6.58. The first-order valence-electron chi connectivity index (χ1n) is 12.8. The number of hydrogen-bond donors (Lipinski definition) is 1. The molecule has 0 spiro atoms. The second-order valence-electron chi connectivity index (χ2n) is 9.20. The lowest BCUT2D eigenvalue weighted by molar-refractivity contribution is -0.140. The van der Waals surface area contributed by atoms with Crippen LogP contribution in [0, 0.1) is 0 Å². The molecular formula is C32H27ClN2O5. The fourth-order valence-corrected chi connectivity index (χ4v) is 4.78. The van der Waals surface area contributed by atoms with Gasteiger partial charge in [-0.1, -0.05) is 48.0 Å². The first kappa shape index (κ1) is 27.0. The van der Waals surface area contributed by atoms with Crippen molar-refractivity contribution >= 4 is 29.1 Å². The van der Waals surface area contributed by atoms with Crippen LogP contribution in [-0.4, -0.2) is 33.3 Å². The Bertz CT molecular complexity index is 1540. The molecule has 3 aromatic carbocycles. The van der Waals surface area contributed by atoms with Crippen molar-refractivity contribution < 1.29 is 24.2 Å². The molecule has 1 unspecified atom stereocenters. The molecule has 1 fully saturated rings. The zero-order valence-corrected chi connectivity index (χ0v) is 22.5. The van der Waals surface area contributed by atoms with E-state index in [9.17, 15) is 14.7 Å². The van der Waals surface area contributed by atoms with Gasteiger partial charge in [-0.2, -0.15) is 0 Å². The van der Waals surface area contributed by atoms with Crippen LogP contribution in [0.15, 0.2) is 103 Å². The van der Waals surface area contributed by atoms with Crippen molar-refractivity contribution in [3.05, 3.63) is 130 Å². The number of rotatable bonds is 9. The largest absolute Gasteiger partial charge is 0.507 e. The van der Waals surface area contributed by atoms with E-state index in [2.05, 4.69) is 4.98 Å². The van der Waals surface area contributed by atoms with E-state index in [4.69, 9.17) is 21.1 Å². The van der Waals surface area contributed by atoms with Crippen LogP contribution in [-0.2, 0) is 22.7 Å². The standard InChI is InChI=1S/C32H27ClN2O5/c1-2-39-27-18-24(10-13-26(27)40-20-22-6-4-3-5-7-22)29-28(30(36)23-8-11-25(33)12-9-23)31(37)32(38)35(29)19-21-14-16-34-17-15-21/h3-18,29,36H,2,19-20H2,1H3. The molecule has 7 nitrogen and oxygen atoms in total. The van der Waals surface area contributed by atoms with Gasteiger partial charge in [-0.15, -0.1) is 0 Å². The number of amides is 1. The maximum absolute atomic E-state index is 13.4. The van der Waals surface area contributed by atoms with Gasteiger partial charge in [0.15, 0.2) is 11.5 Å². The molecule has 1 aliphatic heterocycles. The van der Waals surface area contributed by atoms with Crippen molar-refractivity contribution in [2.24, 2.45) is 0 Å². The summed E-state index contributed by atoms with van der Waals surface area (Å²) < 4.78 is 12.0. The van der Waals surface area contributed by atoms with Crippen molar-refractivity contribution in [3.8, 4) is 11.5 Å². The lowest BCUT2D eigenvalue weighted by atomic mass is 9.95. The van der Waals surface area contributed by atoms with Gasteiger partial charge in [-0.25, -0.2) is 0 Å². The fraction of sp³-hybridized carbons (Fsp3) is 0.156. The molecule has 1 amide bonds. The third kappa shape index (κ3) is 5.70. The van der Waals surface area contributed by atoms with Gasteiger partial charge < -0.3 is 19.5 Å². The van der Waals surface area contributed by atoms with Gasteiger partial charge in [0, 0.05) is 29.5 Å². The Labute approximate surface area is 237 Å². The topological polar surface area (TPSA) is 89.0 Å². The number of ether oxygens (including phenoxy) is 2. The molecule has 40 heavy (non-hydrogen) atoms. The molecule has 2 heterocycles. The summed E-state index contributed by atoms with van der Waals surface area (Å²) in [6.45, 7) is 2.74. The van der Waals surface area contributed by atoms with E-state index >= 15 is 0 Å². The van der Waals surface area contributed by atoms with Gasteiger partial charge in [0.25, 0.3) is 11.7 Å². The van der Waals surface area contributed by atoms with Crippen LogP contribution in [0.3, 0.4) is 0 Å². The Morgan fingerprint density at radius 1 is 0.900 bits per heavy atom. The molecule has 8 heteroatoms. The molecule has 0 bridgehead atoms. The maximum Gasteiger partial charge on any atom is 0.295 e. The second kappa shape index (κ2) is 12.1. The van der Waals surface area contributed by atoms with Crippen molar-refractivity contribution in [1.29, 1.82) is 0 Å². The first-order valence-corrected chi connectivity index (χ1v) is 13.2. The van der Waals surface area contributed by atoms with Crippen molar-refractivity contribution in [1.82, 2.24) is 9.88 Å². The van der Waals surface area contributed by atoms with Crippen LogP contribution >= 0.6 is 11.6 Å². The Kier molecular flexibility index (Phi) is 8.12. The third-order valence-corrected chi connectivity index (χ3v) is 6.83. The number of benzene rings is 3. The van der Waals surface area contributed by atoms with Crippen LogP contribution in [0.2, 0.25) is 5.02 Å². The Morgan fingerprint density at radius 3 is 2.33 bits per heavy atom. The number of aliphatic hydroxyl groups is 1. The highest BCUT2D eigenvalue weighted by atomic mass is 35.5. The van der Waals surface area contributed by atoms with Crippen LogP contribution in [0.4, 0.5) is 0 Å². The number of Topliss-reactive ketones (excluding diaryl/α,β-unsaturated/α-hetero) is 1. The molecule has 1 aliphatic rings. The van der Waals surface area contributed by atoms with E-state index in [0.29, 0.717) is 40.9 Å². The molecule has 0 radical (unpaired) electrons. The number of nitrogens with zero attached hydrogens (tertiary/aromatic N) is 2. The minimum absolute atomic E-state index is 0.0122. The summed E-state index contributed by atoms with van der Waals surface area (Å²) in [7, 11) is 0.